The van der Waals surface area contributed by atoms with Crippen molar-refractivity contribution in [3.05, 3.63) is 53.9 Å². The molecule has 0 radical (unpaired) electrons. The summed E-state index contributed by atoms with van der Waals surface area (Å²) in [7, 11) is 0. The fourth-order valence-electron chi connectivity index (χ4n) is 1.74. The Balaban J connectivity index is 2.19. The summed E-state index contributed by atoms with van der Waals surface area (Å²) < 4.78 is 0. The molecule has 0 fully saturated rings. The Bertz CT molecular complexity index is 482. The molecular weight excluding hydrogens is 184 g/mol. The summed E-state index contributed by atoms with van der Waals surface area (Å²) in [5.41, 5.74) is 4.55. The second-order valence-corrected chi connectivity index (χ2v) is 3.51. The summed E-state index contributed by atoms with van der Waals surface area (Å²) in [6.07, 6.45) is 7.88. The maximum Gasteiger partial charge on any atom is 0.0644 e. The first-order valence-corrected chi connectivity index (χ1v) is 4.92. The number of hydrogen-bond donors (Lipinski definition) is 1. The summed E-state index contributed by atoms with van der Waals surface area (Å²) in [5, 5.41) is 3.38. The first-order valence-electron chi connectivity index (χ1n) is 4.92. The monoisotopic (exact) mass is 194 g/mol. The third kappa shape index (κ3) is 1.40. The smallest absolute Gasteiger partial charge is 0.0644 e. The maximum absolute atomic E-state index is 4.12. The highest BCUT2D eigenvalue weighted by molar-refractivity contribution is 5.86. The average Bonchev–Trinajstić information content (AvgIpc) is 2.48. The van der Waals surface area contributed by atoms with Crippen molar-refractivity contribution in [1.82, 2.24) is 4.98 Å². The van der Waals surface area contributed by atoms with Gasteiger partial charge in [0.15, 0.2) is 0 Å². The molecule has 0 atom stereocenters. The lowest BCUT2D eigenvalue weighted by Gasteiger charge is -2.08. The van der Waals surface area contributed by atoms with Gasteiger partial charge in [-0.25, -0.2) is 0 Å². The minimum atomic E-state index is 1.05. The molecule has 2 nitrogen and oxygen atoms in total. The quantitative estimate of drug-likeness (QED) is 0.594. The summed E-state index contributed by atoms with van der Waals surface area (Å²) in [5.74, 6) is 0. The molecular formula is C13H10N2. The van der Waals surface area contributed by atoms with E-state index in [-0.39, 0.29) is 0 Å². The van der Waals surface area contributed by atoms with E-state index in [9.17, 15) is 0 Å². The van der Waals surface area contributed by atoms with Crippen LogP contribution in [0.2, 0.25) is 0 Å². The average molecular weight is 194 g/mol. The molecule has 0 saturated carbocycles. The van der Waals surface area contributed by atoms with Crippen LogP contribution in [-0.4, -0.2) is 4.98 Å². The largest absolute Gasteiger partial charge is 0.353 e. The van der Waals surface area contributed by atoms with Gasteiger partial charge in [0, 0.05) is 17.4 Å². The van der Waals surface area contributed by atoms with E-state index in [4.69, 9.17) is 0 Å². The van der Waals surface area contributed by atoms with Crippen LogP contribution in [0.5, 0.6) is 0 Å². The normalized spacial score (nSPS) is 12.3. The number of rotatable bonds is 0. The van der Waals surface area contributed by atoms with Gasteiger partial charge in [-0.15, -0.1) is 0 Å². The van der Waals surface area contributed by atoms with E-state index < -0.39 is 0 Å². The molecule has 1 aromatic heterocycles. The van der Waals surface area contributed by atoms with E-state index in [2.05, 4.69) is 34.6 Å². The number of benzene rings is 1. The predicted octanol–water partition coefficient (Wildman–Crippen LogP) is 3.31. The molecule has 0 bridgehead atoms. The van der Waals surface area contributed by atoms with Crippen molar-refractivity contribution in [1.29, 1.82) is 0 Å². The topological polar surface area (TPSA) is 24.9 Å². The number of para-hydroxylation sites is 1. The van der Waals surface area contributed by atoms with Gasteiger partial charge < -0.3 is 5.32 Å². The van der Waals surface area contributed by atoms with Gasteiger partial charge in [0.2, 0.25) is 0 Å². The molecule has 1 aromatic carbocycles. The Labute approximate surface area is 88.3 Å². The second-order valence-electron chi connectivity index (χ2n) is 3.51. The van der Waals surface area contributed by atoms with E-state index >= 15 is 0 Å². The van der Waals surface area contributed by atoms with Gasteiger partial charge in [-0.2, -0.15) is 0 Å². The van der Waals surface area contributed by atoms with Gasteiger partial charge in [0.1, 0.15) is 0 Å². The molecule has 0 amide bonds. The lowest BCUT2D eigenvalue weighted by molar-refractivity contribution is 1.31. The van der Waals surface area contributed by atoms with Crippen LogP contribution in [0, 0.1) is 0 Å². The SMILES string of the molecule is C1=Cc2ccncc2Nc2ccccc21. The Morgan fingerprint density at radius 1 is 0.867 bits per heavy atom. The van der Waals surface area contributed by atoms with Crippen molar-refractivity contribution in [2.75, 3.05) is 5.32 Å². The van der Waals surface area contributed by atoms with Crippen LogP contribution in [0.1, 0.15) is 11.1 Å². The summed E-state index contributed by atoms with van der Waals surface area (Å²) in [6, 6.07) is 10.2. The lowest BCUT2D eigenvalue weighted by atomic mass is 10.1. The highest BCUT2D eigenvalue weighted by Gasteiger charge is 2.06. The summed E-state index contributed by atoms with van der Waals surface area (Å²) in [4.78, 5) is 4.12. The second kappa shape index (κ2) is 3.24. The lowest BCUT2D eigenvalue weighted by Crippen LogP contribution is -1.93. The van der Waals surface area contributed by atoms with Crippen LogP contribution in [0.15, 0.2) is 42.7 Å². The Morgan fingerprint density at radius 2 is 1.67 bits per heavy atom. The number of nitrogens with zero attached hydrogens (tertiary/aromatic N) is 1. The van der Waals surface area contributed by atoms with Crippen LogP contribution < -0.4 is 5.32 Å². The van der Waals surface area contributed by atoms with Gasteiger partial charge in [0.25, 0.3) is 0 Å². The van der Waals surface area contributed by atoms with E-state index in [0.717, 1.165) is 11.4 Å². The molecule has 0 spiro atoms. The zero-order valence-electron chi connectivity index (χ0n) is 8.14. The van der Waals surface area contributed by atoms with Crippen LogP contribution >= 0.6 is 0 Å². The Morgan fingerprint density at radius 3 is 2.60 bits per heavy atom. The van der Waals surface area contributed by atoms with E-state index in [1.165, 1.54) is 11.1 Å². The summed E-state index contributed by atoms with van der Waals surface area (Å²) in [6.45, 7) is 0. The van der Waals surface area contributed by atoms with Crippen LogP contribution in [-0.2, 0) is 0 Å². The first-order chi connectivity index (χ1) is 7.43. The molecule has 1 N–H and O–H groups in total. The number of aromatic nitrogens is 1. The number of pyridine rings is 1. The molecule has 3 rings (SSSR count). The third-order valence-corrected chi connectivity index (χ3v) is 2.53. The standard InChI is InChI=1S/C13H10N2/c1-2-4-12-10(3-1)5-6-11-7-8-14-9-13(11)15-12/h1-9,15H. The minimum Gasteiger partial charge on any atom is -0.353 e. The van der Waals surface area contributed by atoms with Crippen LogP contribution in [0.4, 0.5) is 11.4 Å². The molecule has 72 valence electrons. The maximum atomic E-state index is 4.12. The fraction of sp³-hybridized carbons (Fsp3) is 0. The third-order valence-electron chi connectivity index (χ3n) is 2.53. The molecule has 2 heterocycles. The van der Waals surface area contributed by atoms with Crippen LogP contribution in [0.25, 0.3) is 12.2 Å². The number of nitrogens with one attached hydrogen (secondary N) is 1. The molecule has 1 aliphatic heterocycles. The molecule has 0 aliphatic carbocycles. The molecule has 0 unspecified atom stereocenters. The van der Waals surface area contributed by atoms with Gasteiger partial charge >= 0.3 is 0 Å². The Kier molecular flexibility index (Phi) is 1.78. The van der Waals surface area contributed by atoms with Crippen molar-refractivity contribution >= 4 is 23.5 Å². The zero-order valence-corrected chi connectivity index (χ0v) is 8.14. The van der Waals surface area contributed by atoms with E-state index in [0.29, 0.717) is 0 Å². The zero-order chi connectivity index (χ0) is 10.1. The van der Waals surface area contributed by atoms with E-state index in [1.54, 1.807) is 6.20 Å². The van der Waals surface area contributed by atoms with Crippen molar-refractivity contribution in [3.8, 4) is 0 Å². The van der Waals surface area contributed by atoms with Gasteiger partial charge in [-0.05, 0) is 17.7 Å². The van der Waals surface area contributed by atoms with Gasteiger partial charge in [-0.3, -0.25) is 4.98 Å². The number of fused-ring (bicyclic) bond motifs is 2. The first kappa shape index (κ1) is 8.24. The molecule has 1 aliphatic rings. The van der Waals surface area contributed by atoms with Crippen molar-refractivity contribution in [2.45, 2.75) is 0 Å². The Hall–Kier alpha value is -2.09. The van der Waals surface area contributed by atoms with Crippen LogP contribution in [0.3, 0.4) is 0 Å². The minimum absolute atomic E-state index is 1.05. The van der Waals surface area contributed by atoms with Crippen molar-refractivity contribution in [3.63, 3.8) is 0 Å². The van der Waals surface area contributed by atoms with Crippen molar-refractivity contribution < 1.29 is 0 Å². The molecule has 2 aromatic rings. The summed E-state index contributed by atoms with van der Waals surface area (Å²) >= 11 is 0. The van der Waals surface area contributed by atoms with Gasteiger partial charge in [0.05, 0.1) is 11.9 Å². The van der Waals surface area contributed by atoms with E-state index in [1.807, 2.05) is 24.4 Å². The molecule has 2 heteroatoms. The van der Waals surface area contributed by atoms with Gasteiger partial charge in [-0.1, -0.05) is 30.4 Å². The predicted molar refractivity (Wildman–Crippen MR) is 62.9 cm³/mol. The number of anilines is 2. The molecule has 0 saturated heterocycles. The highest BCUT2D eigenvalue weighted by Crippen LogP contribution is 2.28. The highest BCUT2D eigenvalue weighted by atomic mass is 14.9. The molecule has 15 heavy (non-hydrogen) atoms. The van der Waals surface area contributed by atoms with Crippen molar-refractivity contribution in [2.24, 2.45) is 0 Å². The number of hydrogen-bond acceptors (Lipinski definition) is 2. The fourth-order valence-corrected chi connectivity index (χ4v) is 1.74.